The zero-order chi connectivity index (χ0) is 33.5. The summed E-state index contributed by atoms with van der Waals surface area (Å²) in [4.78, 5) is 39.9. The Morgan fingerprint density at radius 2 is 1.50 bits per heavy atom. The molecule has 0 fully saturated rings. The van der Waals surface area contributed by atoms with Crippen LogP contribution in [0.1, 0.15) is 33.5 Å². The van der Waals surface area contributed by atoms with Gasteiger partial charge in [0, 0.05) is 50.7 Å². The molecule has 1 aliphatic rings. The summed E-state index contributed by atoms with van der Waals surface area (Å²) in [6, 6.07) is 30.5. The standard InChI is InChI=1S/C39H33F3N4O2/c40-39(41,42)34-14-15-35(44-25-34)16-17-37(47)46(26-29-10-12-31(13-11-29)32-18-21-43-22-19-32)36(24-28-6-2-1-3-7-28)38(48)45-23-20-30-8-4-5-9-33(30)27-45/h1-19,21-22,25,36H,20,23-24,26-27H2. The molecule has 0 spiro atoms. The second kappa shape index (κ2) is 14.5. The van der Waals surface area contributed by atoms with E-state index < -0.39 is 23.7 Å². The summed E-state index contributed by atoms with van der Waals surface area (Å²) in [7, 11) is 0. The Hall–Kier alpha value is -5.57. The number of carbonyl (C=O) groups excluding carboxylic acids is 2. The molecule has 0 aliphatic carbocycles. The van der Waals surface area contributed by atoms with Gasteiger partial charge in [-0.05, 0) is 70.1 Å². The molecular formula is C39H33F3N4O2. The van der Waals surface area contributed by atoms with Gasteiger partial charge in [-0.1, -0.05) is 78.9 Å². The van der Waals surface area contributed by atoms with Crippen molar-refractivity contribution in [1.29, 1.82) is 0 Å². The van der Waals surface area contributed by atoms with Gasteiger partial charge in [0.25, 0.3) is 0 Å². The summed E-state index contributed by atoms with van der Waals surface area (Å²) in [6.45, 7) is 1.09. The van der Waals surface area contributed by atoms with Crippen LogP contribution >= 0.6 is 0 Å². The van der Waals surface area contributed by atoms with Gasteiger partial charge in [0.1, 0.15) is 6.04 Å². The highest BCUT2D eigenvalue weighted by Gasteiger charge is 2.34. The average Bonchev–Trinajstić information content (AvgIpc) is 3.12. The van der Waals surface area contributed by atoms with Gasteiger partial charge < -0.3 is 9.80 Å². The first-order valence-electron chi connectivity index (χ1n) is 15.7. The van der Waals surface area contributed by atoms with Crippen molar-refractivity contribution in [3.63, 3.8) is 0 Å². The van der Waals surface area contributed by atoms with Gasteiger partial charge in [0.15, 0.2) is 0 Å². The van der Waals surface area contributed by atoms with Crippen molar-refractivity contribution in [3.05, 3.63) is 161 Å². The minimum atomic E-state index is -4.52. The van der Waals surface area contributed by atoms with Crippen LogP contribution in [0.4, 0.5) is 13.2 Å². The number of amides is 2. The van der Waals surface area contributed by atoms with Crippen LogP contribution in [0.3, 0.4) is 0 Å². The van der Waals surface area contributed by atoms with Gasteiger partial charge in [0.05, 0.1) is 11.3 Å². The van der Waals surface area contributed by atoms with Crippen LogP contribution in [-0.2, 0) is 41.7 Å². The Kier molecular flexibility index (Phi) is 9.75. The van der Waals surface area contributed by atoms with Crippen LogP contribution in [0.15, 0.2) is 128 Å². The molecule has 9 heteroatoms. The van der Waals surface area contributed by atoms with Crippen LogP contribution in [0.5, 0.6) is 0 Å². The Morgan fingerprint density at radius 1 is 0.812 bits per heavy atom. The van der Waals surface area contributed by atoms with Crippen LogP contribution in [0.25, 0.3) is 17.2 Å². The van der Waals surface area contributed by atoms with Gasteiger partial charge in [-0.25, -0.2) is 0 Å². The molecule has 1 unspecified atom stereocenters. The molecular weight excluding hydrogens is 613 g/mol. The summed E-state index contributed by atoms with van der Waals surface area (Å²) >= 11 is 0. The van der Waals surface area contributed by atoms with Crippen molar-refractivity contribution in [2.45, 2.75) is 38.1 Å². The molecule has 5 aromatic rings. The van der Waals surface area contributed by atoms with E-state index in [2.05, 4.69) is 16.0 Å². The number of alkyl halides is 3. The number of hydrogen-bond donors (Lipinski definition) is 0. The van der Waals surface area contributed by atoms with Crippen molar-refractivity contribution < 1.29 is 22.8 Å². The Balaban J connectivity index is 1.34. The number of halogens is 3. The predicted octanol–water partition coefficient (Wildman–Crippen LogP) is 7.40. The number of rotatable bonds is 9. The fourth-order valence-corrected chi connectivity index (χ4v) is 5.87. The second-order valence-corrected chi connectivity index (χ2v) is 11.7. The van der Waals surface area contributed by atoms with Crippen LogP contribution < -0.4 is 0 Å². The minimum Gasteiger partial charge on any atom is -0.336 e. The van der Waals surface area contributed by atoms with Crippen molar-refractivity contribution in [3.8, 4) is 11.1 Å². The molecule has 2 aromatic heterocycles. The monoisotopic (exact) mass is 646 g/mol. The summed E-state index contributed by atoms with van der Waals surface area (Å²) in [6.07, 6.45) is 3.31. The maximum absolute atomic E-state index is 14.5. The van der Waals surface area contributed by atoms with E-state index in [0.717, 1.165) is 40.1 Å². The minimum absolute atomic E-state index is 0.133. The Labute approximate surface area is 277 Å². The van der Waals surface area contributed by atoms with Crippen molar-refractivity contribution in [1.82, 2.24) is 19.8 Å². The summed E-state index contributed by atoms with van der Waals surface area (Å²) in [5.74, 6) is -0.627. The van der Waals surface area contributed by atoms with E-state index >= 15 is 0 Å². The molecule has 2 amide bonds. The number of hydrogen-bond acceptors (Lipinski definition) is 4. The zero-order valence-electron chi connectivity index (χ0n) is 26.1. The van der Waals surface area contributed by atoms with E-state index in [9.17, 15) is 22.8 Å². The van der Waals surface area contributed by atoms with Crippen LogP contribution in [-0.4, -0.2) is 44.2 Å². The lowest BCUT2D eigenvalue weighted by atomic mass is 9.97. The topological polar surface area (TPSA) is 66.4 Å². The maximum Gasteiger partial charge on any atom is 0.417 e. The zero-order valence-corrected chi connectivity index (χ0v) is 26.1. The number of carbonyl (C=O) groups is 2. The lowest BCUT2D eigenvalue weighted by Gasteiger charge is -2.37. The molecule has 0 saturated carbocycles. The van der Waals surface area contributed by atoms with Gasteiger partial charge in [-0.2, -0.15) is 13.2 Å². The first-order valence-corrected chi connectivity index (χ1v) is 15.7. The van der Waals surface area contributed by atoms with Crippen molar-refractivity contribution in [2.75, 3.05) is 6.54 Å². The first-order chi connectivity index (χ1) is 23.2. The Morgan fingerprint density at radius 3 is 2.19 bits per heavy atom. The van der Waals surface area contributed by atoms with Crippen molar-refractivity contribution in [2.24, 2.45) is 0 Å². The second-order valence-electron chi connectivity index (χ2n) is 11.7. The van der Waals surface area contributed by atoms with Crippen LogP contribution in [0, 0.1) is 0 Å². The molecule has 3 heterocycles. The maximum atomic E-state index is 14.5. The largest absolute Gasteiger partial charge is 0.417 e. The number of benzene rings is 3. The molecule has 0 N–H and O–H groups in total. The fraction of sp³-hybridized carbons (Fsp3) is 0.179. The molecule has 1 atom stereocenters. The lowest BCUT2D eigenvalue weighted by molar-refractivity contribution is -0.144. The van der Waals surface area contributed by atoms with E-state index in [4.69, 9.17) is 0 Å². The summed E-state index contributed by atoms with van der Waals surface area (Å²) in [5, 5.41) is 0. The molecule has 3 aromatic carbocycles. The first kappa shape index (κ1) is 32.4. The van der Waals surface area contributed by atoms with Gasteiger partial charge in [-0.3, -0.25) is 19.6 Å². The Bertz CT molecular complexity index is 1880. The number of fused-ring (bicyclic) bond motifs is 1. The van der Waals surface area contributed by atoms with E-state index in [1.54, 1.807) is 17.3 Å². The van der Waals surface area contributed by atoms with Gasteiger partial charge in [-0.15, -0.1) is 0 Å². The van der Waals surface area contributed by atoms with E-state index in [-0.39, 0.29) is 24.6 Å². The molecule has 0 saturated heterocycles. The number of aromatic nitrogens is 2. The molecule has 6 rings (SSSR count). The highest BCUT2D eigenvalue weighted by molar-refractivity contribution is 5.95. The molecule has 48 heavy (non-hydrogen) atoms. The van der Waals surface area contributed by atoms with E-state index in [0.29, 0.717) is 19.5 Å². The highest BCUT2D eigenvalue weighted by atomic mass is 19.4. The molecule has 6 nitrogen and oxygen atoms in total. The van der Waals surface area contributed by atoms with E-state index in [1.807, 2.05) is 89.8 Å². The lowest BCUT2D eigenvalue weighted by Crippen LogP contribution is -2.52. The van der Waals surface area contributed by atoms with Crippen LogP contribution in [0.2, 0.25) is 0 Å². The SMILES string of the molecule is O=C(C(Cc1ccccc1)N(Cc1ccc(-c2ccncc2)cc1)C(=O)C=Cc1ccc(C(F)(F)F)cn1)N1CCc2ccccc2C1. The third kappa shape index (κ3) is 7.86. The molecule has 242 valence electrons. The van der Waals surface area contributed by atoms with Crippen molar-refractivity contribution >= 4 is 17.9 Å². The predicted molar refractivity (Wildman–Crippen MR) is 178 cm³/mol. The third-order valence-corrected chi connectivity index (χ3v) is 8.49. The smallest absolute Gasteiger partial charge is 0.336 e. The number of nitrogens with zero attached hydrogens (tertiary/aromatic N) is 4. The van der Waals surface area contributed by atoms with E-state index in [1.165, 1.54) is 23.8 Å². The normalized spacial score (nSPS) is 13.6. The molecule has 0 bridgehead atoms. The molecule has 1 aliphatic heterocycles. The van der Waals surface area contributed by atoms with Gasteiger partial charge >= 0.3 is 6.18 Å². The highest BCUT2D eigenvalue weighted by Crippen LogP contribution is 2.29. The molecule has 0 radical (unpaired) electrons. The van der Waals surface area contributed by atoms with Gasteiger partial charge in [0.2, 0.25) is 11.8 Å². The number of pyridine rings is 2. The summed E-state index contributed by atoms with van der Waals surface area (Å²) < 4.78 is 39.3. The quantitative estimate of drug-likeness (QED) is 0.157. The third-order valence-electron chi connectivity index (χ3n) is 8.49. The fourth-order valence-electron chi connectivity index (χ4n) is 5.87. The summed E-state index contributed by atoms with van der Waals surface area (Å²) in [5.41, 5.74) is 5.29. The average molecular weight is 647 g/mol.